The molecule has 0 heterocycles. The molecule has 0 spiro atoms. The number of carbonyl (C=O) groups excluding carboxylic acids is 2. The van der Waals surface area contributed by atoms with Gasteiger partial charge in [-0.2, -0.15) is 20.8 Å². The average molecular weight is 673 g/mol. The van der Waals surface area contributed by atoms with E-state index in [0.717, 1.165) is 12.1 Å². The predicted molar refractivity (Wildman–Crippen MR) is 179 cm³/mol. The van der Waals surface area contributed by atoms with Crippen molar-refractivity contribution < 1.29 is 39.6 Å². The van der Waals surface area contributed by atoms with Gasteiger partial charge in [-0.1, -0.05) is 72.8 Å². The molecule has 50 heavy (non-hydrogen) atoms. The lowest BCUT2D eigenvalue weighted by molar-refractivity contribution is -0.143. The first-order chi connectivity index (χ1) is 23.7. The topological polar surface area (TPSA) is 221 Å². The normalized spacial score (nSPS) is 13.7. The highest BCUT2D eigenvalue weighted by Gasteiger charge is 2.49. The number of rotatable bonds is 14. The summed E-state index contributed by atoms with van der Waals surface area (Å²) in [5, 5.41) is 70.5. The quantitative estimate of drug-likeness (QED) is 0.0876. The molecule has 4 aromatic rings. The van der Waals surface area contributed by atoms with Crippen LogP contribution in [-0.2, 0) is 15.0 Å². The molecule has 0 amide bonds. The van der Waals surface area contributed by atoms with Crippen molar-refractivity contribution in [2.75, 3.05) is 0 Å². The van der Waals surface area contributed by atoms with E-state index in [1.807, 2.05) is 12.1 Å². The molecular formula is C38H32N4O8. The number of hydrogen-bond acceptors (Lipinski definition) is 10. The molecule has 0 radical (unpaired) electrons. The van der Waals surface area contributed by atoms with Crippen LogP contribution in [0, 0.1) is 22.7 Å². The Labute approximate surface area is 287 Å². The lowest BCUT2D eigenvalue weighted by Gasteiger charge is -2.35. The van der Waals surface area contributed by atoms with Gasteiger partial charge in [0.25, 0.3) is 0 Å². The van der Waals surface area contributed by atoms with Gasteiger partial charge in [-0.15, -0.1) is 0 Å². The smallest absolute Gasteiger partial charge is 0.318 e. The van der Waals surface area contributed by atoms with Gasteiger partial charge in [0.05, 0.1) is 23.3 Å². The van der Waals surface area contributed by atoms with Crippen LogP contribution >= 0.6 is 0 Å². The molecule has 0 aromatic heterocycles. The summed E-state index contributed by atoms with van der Waals surface area (Å²) in [5.41, 5.74) is -5.90. The van der Waals surface area contributed by atoms with Gasteiger partial charge in [-0.25, -0.2) is 0 Å². The van der Waals surface area contributed by atoms with Crippen LogP contribution in [0.15, 0.2) is 107 Å². The second kappa shape index (κ2) is 14.6. The minimum Gasteiger partial charge on any atom is -0.507 e. The second-order valence-electron chi connectivity index (χ2n) is 12.1. The van der Waals surface area contributed by atoms with E-state index in [1.165, 1.54) is 38.1 Å². The molecule has 0 saturated carbocycles. The molecule has 2 atom stereocenters. The van der Waals surface area contributed by atoms with E-state index >= 15 is 0 Å². The van der Waals surface area contributed by atoms with Gasteiger partial charge in [-0.3, -0.25) is 19.2 Å². The van der Waals surface area contributed by atoms with E-state index in [9.17, 15) is 45.0 Å². The molecule has 0 fully saturated rings. The number of azo groups is 1. The summed E-state index contributed by atoms with van der Waals surface area (Å²) >= 11 is 0. The lowest BCUT2D eigenvalue weighted by atomic mass is 9.67. The van der Waals surface area contributed by atoms with Gasteiger partial charge < -0.3 is 20.4 Å². The Morgan fingerprint density at radius 1 is 0.660 bits per heavy atom. The van der Waals surface area contributed by atoms with Gasteiger partial charge in [0, 0.05) is 24.0 Å². The maximum absolute atomic E-state index is 13.6. The number of nitrogens with zero attached hydrogens (tertiary/aromatic N) is 4. The van der Waals surface area contributed by atoms with Crippen LogP contribution in [0.25, 0.3) is 0 Å². The molecule has 4 aromatic carbocycles. The van der Waals surface area contributed by atoms with Crippen molar-refractivity contribution in [3.05, 3.63) is 130 Å². The fourth-order valence-corrected chi connectivity index (χ4v) is 5.47. The molecule has 2 unspecified atom stereocenters. The highest BCUT2D eigenvalue weighted by molar-refractivity contribution is 6.11. The van der Waals surface area contributed by atoms with E-state index in [2.05, 4.69) is 10.2 Å². The minimum atomic E-state index is -2.29. The van der Waals surface area contributed by atoms with E-state index < -0.39 is 64.3 Å². The number of aromatic hydroxyl groups is 2. The van der Waals surface area contributed by atoms with Crippen LogP contribution in [0.2, 0.25) is 0 Å². The van der Waals surface area contributed by atoms with Gasteiger partial charge in [0.1, 0.15) is 16.9 Å². The molecule has 0 aliphatic heterocycles. The van der Waals surface area contributed by atoms with Crippen LogP contribution in [0.3, 0.4) is 0 Å². The van der Waals surface area contributed by atoms with Crippen molar-refractivity contribution in [1.82, 2.24) is 0 Å². The number of carbonyl (C=O) groups is 4. The van der Waals surface area contributed by atoms with Crippen molar-refractivity contribution in [1.29, 1.82) is 10.5 Å². The Balaban J connectivity index is 1.91. The Bertz CT molecular complexity index is 1970. The first kappa shape index (κ1) is 36.2. The summed E-state index contributed by atoms with van der Waals surface area (Å²) < 4.78 is 0. The number of phenolic OH excluding ortho intramolecular Hbond substituents is 2. The molecule has 4 N–H and O–H groups in total. The Kier molecular flexibility index (Phi) is 10.6. The molecule has 4 rings (SSSR count). The first-order valence-electron chi connectivity index (χ1n) is 15.3. The molecule has 12 heteroatoms. The molecule has 0 saturated heterocycles. The van der Waals surface area contributed by atoms with Crippen LogP contribution < -0.4 is 0 Å². The Morgan fingerprint density at radius 2 is 1.08 bits per heavy atom. The Morgan fingerprint density at radius 3 is 1.44 bits per heavy atom. The summed E-state index contributed by atoms with van der Waals surface area (Å²) in [6.07, 6.45) is -1.36. The number of hydrogen-bond donors (Lipinski definition) is 4. The maximum atomic E-state index is 13.6. The fourth-order valence-electron chi connectivity index (χ4n) is 5.47. The lowest BCUT2D eigenvalue weighted by Crippen LogP contribution is -2.43. The molecule has 252 valence electrons. The maximum Gasteiger partial charge on any atom is 0.318 e. The monoisotopic (exact) mass is 672 g/mol. The third-order valence-corrected chi connectivity index (χ3v) is 8.32. The van der Waals surface area contributed by atoms with Crippen molar-refractivity contribution in [3.8, 4) is 23.6 Å². The number of phenols is 2. The third-order valence-electron chi connectivity index (χ3n) is 8.32. The average Bonchev–Trinajstić information content (AvgIpc) is 3.12. The highest BCUT2D eigenvalue weighted by Crippen LogP contribution is 2.44. The van der Waals surface area contributed by atoms with Crippen LogP contribution in [-0.4, -0.2) is 55.0 Å². The Hall–Kier alpha value is -6.66. The van der Waals surface area contributed by atoms with E-state index in [1.54, 1.807) is 60.7 Å². The van der Waals surface area contributed by atoms with Crippen molar-refractivity contribution in [2.45, 2.75) is 49.6 Å². The molecule has 12 nitrogen and oxygen atoms in total. The zero-order valence-electron chi connectivity index (χ0n) is 27.1. The number of carboxylic acid groups (broad SMARTS) is 2. The van der Waals surface area contributed by atoms with Gasteiger partial charge in [-0.05, 0) is 55.7 Å². The largest absolute Gasteiger partial charge is 0.507 e. The molecule has 0 aliphatic rings. The predicted octanol–water partition coefficient (Wildman–Crippen LogP) is 6.20. The minimum absolute atomic E-state index is 0.112. The number of benzene rings is 4. The third kappa shape index (κ3) is 7.56. The number of ketones is 2. The SMILES string of the molecule is CC(C#N)(CCC(=O)O)N=NC(C)(C#N)CC(C(=O)O)(c1ccc(C(=O)c2ccccc2)c(O)c1)c1ccc(C(=O)c2ccccc2)c(O)c1. The number of carboxylic acids is 2. The molecule has 0 aliphatic carbocycles. The van der Waals surface area contributed by atoms with E-state index in [-0.39, 0.29) is 39.8 Å². The molecule has 0 bridgehead atoms. The van der Waals surface area contributed by atoms with Crippen molar-refractivity contribution >= 4 is 23.5 Å². The van der Waals surface area contributed by atoms with Crippen molar-refractivity contribution in [3.63, 3.8) is 0 Å². The van der Waals surface area contributed by atoms with E-state index in [4.69, 9.17) is 5.11 Å². The standard InChI is InChI=1S/C38H32N4O8/c1-36(22-39,18-17-32(45)46)41-42-37(2,23-40)21-38(35(49)50,26-13-15-28(30(43)19-26)33(47)24-9-5-3-6-10-24)27-14-16-29(31(44)20-27)34(48)25-11-7-4-8-12-25/h3-16,19-20,43-44H,17-18,21H2,1-2H3,(H,45,46)(H,49,50). The van der Waals surface area contributed by atoms with Crippen LogP contribution in [0.5, 0.6) is 11.5 Å². The summed E-state index contributed by atoms with van der Waals surface area (Å²) in [6.45, 7) is 2.59. The first-order valence-corrected chi connectivity index (χ1v) is 15.3. The van der Waals surface area contributed by atoms with Gasteiger partial charge >= 0.3 is 11.9 Å². The zero-order valence-corrected chi connectivity index (χ0v) is 27.1. The van der Waals surface area contributed by atoms with Crippen LogP contribution in [0.4, 0.5) is 0 Å². The van der Waals surface area contributed by atoms with Gasteiger partial charge in [0.15, 0.2) is 22.6 Å². The number of nitriles is 2. The van der Waals surface area contributed by atoms with E-state index in [0.29, 0.717) is 0 Å². The number of aliphatic carboxylic acids is 2. The highest BCUT2D eigenvalue weighted by atomic mass is 16.4. The van der Waals surface area contributed by atoms with Crippen LogP contribution in [0.1, 0.15) is 76.1 Å². The fraction of sp³-hybridized carbons (Fsp3) is 0.211. The summed E-state index contributed by atoms with van der Waals surface area (Å²) in [6, 6.07) is 27.2. The zero-order chi connectivity index (χ0) is 36.7. The summed E-state index contributed by atoms with van der Waals surface area (Å²) in [7, 11) is 0. The summed E-state index contributed by atoms with van der Waals surface area (Å²) in [4.78, 5) is 51.1. The second-order valence-corrected chi connectivity index (χ2v) is 12.1. The molecular weight excluding hydrogens is 640 g/mol. The van der Waals surface area contributed by atoms with Gasteiger partial charge in [0.2, 0.25) is 0 Å². The summed E-state index contributed by atoms with van der Waals surface area (Å²) in [5.74, 6) is -4.93. The van der Waals surface area contributed by atoms with Crippen molar-refractivity contribution in [2.24, 2.45) is 10.2 Å².